The average Bonchev–Trinajstić information content (AvgIpc) is 3.20. The number of methoxy groups -OCH3 is 2. The third-order valence-corrected chi connectivity index (χ3v) is 4.59. The molecule has 1 aliphatic heterocycles. The van der Waals surface area contributed by atoms with E-state index in [1.165, 1.54) is 4.68 Å². The number of aromatic nitrogens is 5. The first kappa shape index (κ1) is 18.4. The number of benzene rings is 1. The third kappa shape index (κ3) is 3.24. The molecule has 2 N–H and O–H groups in total. The molecule has 4 rings (SSSR count). The average molecular weight is 393 g/mol. The van der Waals surface area contributed by atoms with Gasteiger partial charge in [-0.2, -0.15) is 4.68 Å². The van der Waals surface area contributed by atoms with E-state index in [9.17, 15) is 4.79 Å². The van der Waals surface area contributed by atoms with Crippen molar-refractivity contribution in [1.29, 1.82) is 0 Å². The van der Waals surface area contributed by atoms with Gasteiger partial charge in [0, 0.05) is 17.5 Å². The van der Waals surface area contributed by atoms with Gasteiger partial charge in [0.25, 0.3) is 5.91 Å². The topological polar surface area (TPSA) is 116 Å². The van der Waals surface area contributed by atoms with E-state index in [4.69, 9.17) is 9.47 Å². The summed E-state index contributed by atoms with van der Waals surface area (Å²) in [5, 5.41) is 17.7. The first-order valence-corrected chi connectivity index (χ1v) is 8.83. The van der Waals surface area contributed by atoms with Crippen LogP contribution in [0.15, 0.2) is 53.9 Å². The Morgan fingerprint density at radius 1 is 1.17 bits per heavy atom. The quantitative estimate of drug-likeness (QED) is 0.676. The summed E-state index contributed by atoms with van der Waals surface area (Å²) in [7, 11) is 3.11. The molecule has 0 fully saturated rings. The molecule has 1 unspecified atom stereocenters. The van der Waals surface area contributed by atoms with E-state index in [1.807, 2.05) is 12.1 Å². The van der Waals surface area contributed by atoms with Crippen LogP contribution < -0.4 is 20.1 Å². The number of amides is 1. The van der Waals surface area contributed by atoms with Crippen LogP contribution in [-0.2, 0) is 4.79 Å². The first-order chi connectivity index (χ1) is 14.1. The predicted octanol–water partition coefficient (Wildman–Crippen LogP) is 2.01. The van der Waals surface area contributed by atoms with E-state index in [2.05, 4.69) is 31.1 Å². The maximum Gasteiger partial charge on any atom is 0.257 e. The highest BCUT2D eigenvalue weighted by Crippen LogP contribution is 2.42. The fourth-order valence-corrected chi connectivity index (χ4v) is 3.34. The van der Waals surface area contributed by atoms with Crippen LogP contribution in [0.3, 0.4) is 0 Å². The van der Waals surface area contributed by atoms with Crippen LogP contribution in [0.5, 0.6) is 11.5 Å². The maximum absolute atomic E-state index is 13.2. The van der Waals surface area contributed by atoms with Crippen molar-refractivity contribution in [3.63, 3.8) is 0 Å². The Morgan fingerprint density at radius 3 is 2.76 bits per heavy atom. The van der Waals surface area contributed by atoms with Crippen molar-refractivity contribution < 1.29 is 14.3 Å². The molecule has 0 spiro atoms. The minimum atomic E-state index is -0.630. The van der Waals surface area contributed by atoms with Crippen molar-refractivity contribution in [1.82, 2.24) is 25.2 Å². The van der Waals surface area contributed by atoms with Gasteiger partial charge in [-0.15, -0.1) is 0 Å². The molecule has 10 heteroatoms. The van der Waals surface area contributed by atoms with Gasteiger partial charge < -0.3 is 20.1 Å². The van der Waals surface area contributed by atoms with Gasteiger partial charge in [-0.3, -0.25) is 4.79 Å². The van der Waals surface area contributed by atoms with E-state index >= 15 is 0 Å². The number of nitrogens with zero attached hydrogens (tertiary/aromatic N) is 5. The van der Waals surface area contributed by atoms with E-state index < -0.39 is 6.04 Å². The number of hydrogen-bond acceptors (Lipinski definition) is 8. The number of carbonyl (C=O) groups is 1. The molecule has 0 saturated heterocycles. The Kier molecular flexibility index (Phi) is 4.82. The first-order valence-electron chi connectivity index (χ1n) is 8.83. The summed E-state index contributed by atoms with van der Waals surface area (Å²) < 4.78 is 12.6. The van der Waals surface area contributed by atoms with Gasteiger partial charge in [-0.05, 0) is 35.5 Å². The fraction of sp³-hybridized carbons (Fsp3) is 0.211. The molecule has 0 bridgehead atoms. The molecule has 0 radical (unpaired) electrons. The Labute approximate surface area is 166 Å². The van der Waals surface area contributed by atoms with Gasteiger partial charge in [0.1, 0.15) is 11.9 Å². The number of rotatable bonds is 5. The monoisotopic (exact) mass is 393 g/mol. The van der Waals surface area contributed by atoms with Gasteiger partial charge in [0.2, 0.25) is 5.95 Å². The maximum atomic E-state index is 13.2. The van der Waals surface area contributed by atoms with E-state index in [-0.39, 0.29) is 5.91 Å². The molecular weight excluding hydrogens is 374 g/mol. The number of para-hydroxylation sites is 1. The third-order valence-electron chi connectivity index (χ3n) is 4.59. The molecule has 148 valence electrons. The summed E-state index contributed by atoms with van der Waals surface area (Å²) in [5.74, 6) is 1.58. The van der Waals surface area contributed by atoms with Crippen molar-refractivity contribution in [2.24, 2.45) is 0 Å². The van der Waals surface area contributed by atoms with Crippen LogP contribution >= 0.6 is 0 Å². The van der Waals surface area contributed by atoms with E-state index in [0.29, 0.717) is 40.1 Å². The molecule has 29 heavy (non-hydrogen) atoms. The number of tetrazole rings is 1. The SMILES string of the molecule is COc1cccc(C2C(C(=O)Nc3ccccn3)=C(C)Nc3nnnn32)c1OC. The number of hydrogen-bond donors (Lipinski definition) is 2. The molecule has 1 atom stereocenters. The Hall–Kier alpha value is -3.95. The minimum Gasteiger partial charge on any atom is -0.493 e. The van der Waals surface area contributed by atoms with Crippen molar-refractivity contribution in [3.05, 3.63) is 59.4 Å². The van der Waals surface area contributed by atoms with Gasteiger partial charge in [0.05, 0.1) is 19.8 Å². The van der Waals surface area contributed by atoms with Crippen LogP contribution in [0, 0.1) is 0 Å². The van der Waals surface area contributed by atoms with Crippen molar-refractivity contribution >= 4 is 17.7 Å². The lowest BCUT2D eigenvalue weighted by Crippen LogP contribution is -2.32. The number of allylic oxidation sites excluding steroid dienone is 1. The van der Waals surface area contributed by atoms with Crippen LogP contribution in [0.4, 0.5) is 11.8 Å². The number of ether oxygens (including phenoxy) is 2. The Morgan fingerprint density at radius 2 is 2.03 bits per heavy atom. The van der Waals surface area contributed by atoms with Crippen molar-refractivity contribution in [3.8, 4) is 11.5 Å². The zero-order valence-electron chi connectivity index (χ0n) is 16.1. The lowest BCUT2D eigenvalue weighted by atomic mass is 9.94. The summed E-state index contributed by atoms with van der Waals surface area (Å²) in [6.45, 7) is 1.80. The molecule has 10 nitrogen and oxygen atoms in total. The summed E-state index contributed by atoms with van der Waals surface area (Å²) in [6, 6.07) is 10.1. The van der Waals surface area contributed by atoms with E-state index in [0.717, 1.165) is 0 Å². The second-order valence-corrected chi connectivity index (χ2v) is 6.27. The van der Waals surface area contributed by atoms with E-state index in [1.54, 1.807) is 51.6 Å². The van der Waals surface area contributed by atoms with Gasteiger partial charge in [-0.1, -0.05) is 23.3 Å². The molecule has 3 aromatic rings. The zero-order valence-corrected chi connectivity index (χ0v) is 16.1. The highest BCUT2D eigenvalue weighted by Gasteiger charge is 2.36. The zero-order chi connectivity index (χ0) is 20.4. The minimum absolute atomic E-state index is 0.329. The summed E-state index contributed by atoms with van der Waals surface area (Å²) in [6.07, 6.45) is 1.61. The summed E-state index contributed by atoms with van der Waals surface area (Å²) >= 11 is 0. The van der Waals surface area contributed by atoms with Gasteiger partial charge in [0.15, 0.2) is 11.5 Å². The molecule has 3 heterocycles. The lowest BCUT2D eigenvalue weighted by molar-refractivity contribution is -0.113. The molecule has 0 saturated carbocycles. The second kappa shape index (κ2) is 7.58. The van der Waals surface area contributed by atoms with Crippen LogP contribution in [0.2, 0.25) is 0 Å². The van der Waals surface area contributed by atoms with Crippen LogP contribution in [-0.4, -0.2) is 45.3 Å². The van der Waals surface area contributed by atoms with Gasteiger partial charge >= 0.3 is 0 Å². The van der Waals surface area contributed by atoms with Crippen LogP contribution in [0.25, 0.3) is 0 Å². The number of carbonyl (C=O) groups excluding carboxylic acids is 1. The van der Waals surface area contributed by atoms with Gasteiger partial charge in [-0.25, -0.2) is 4.98 Å². The van der Waals surface area contributed by atoms with Crippen molar-refractivity contribution in [2.45, 2.75) is 13.0 Å². The normalized spacial score (nSPS) is 15.3. The molecule has 2 aromatic heterocycles. The Balaban J connectivity index is 1.84. The molecule has 1 amide bonds. The predicted molar refractivity (Wildman–Crippen MR) is 105 cm³/mol. The number of anilines is 2. The fourth-order valence-electron chi connectivity index (χ4n) is 3.34. The highest BCUT2D eigenvalue weighted by molar-refractivity contribution is 6.05. The van der Waals surface area contributed by atoms with Crippen LogP contribution in [0.1, 0.15) is 18.5 Å². The Bertz CT molecular complexity index is 1080. The number of fused-ring (bicyclic) bond motifs is 1. The molecule has 0 aliphatic carbocycles. The second-order valence-electron chi connectivity index (χ2n) is 6.27. The lowest BCUT2D eigenvalue weighted by Gasteiger charge is -2.29. The number of nitrogens with one attached hydrogen (secondary N) is 2. The van der Waals surface area contributed by atoms with Crippen molar-refractivity contribution in [2.75, 3.05) is 24.9 Å². The standard InChI is InChI=1S/C19H19N7O3/c1-11-15(18(27)22-14-9-4-5-10-20-14)16(26-19(21-11)23-24-25-26)12-7-6-8-13(28-2)17(12)29-3/h4-10,16H,1-3H3,(H,20,22,27)(H,21,23,25). The summed E-state index contributed by atoms with van der Waals surface area (Å²) in [5.41, 5.74) is 1.74. The smallest absolute Gasteiger partial charge is 0.257 e. The molecule has 1 aliphatic rings. The molecular formula is C19H19N7O3. The molecule has 1 aromatic carbocycles. The largest absolute Gasteiger partial charge is 0.493 e. The number of pyridine rings is 1. The summed E-state index contributed by atoms with van der Waals surface area (Å²) in [4.78, 5) is 17.4. The highest BCUT2D eigenvalue weighted by atomic mass is 16.5.